The quantitative estimate of drug-likeness (QED) is 0.809. The van der Waals surface area contributed by atoms with Crippen LogP contribution in [-0.2, 0) is 16.6 Å². The Morgan fingerprint density at radius 3 is 2.71 bits per heavy atom. The molecular formula is C15H24N2O2S2. The zero-order chi connectivity index (χ0) is 14.9. The van der Waals surface area contributed by atoms with E-state index in [0.717, 1.165) is 17.7 Å². The van der Waals surface area contributed by atoms with Crippen molar-refractivity contribution in [3.05, 3.63) is 16.3 Å². The van der Waals surface area contributed by atoms with Gasteiger partial charge in [-0.2, -0.15) is 0 Å². The van der Waals surface area contributed by atoms with E-state index in [2.05, 4.69) is 17.0 Å². The van der Waals surface area contributed by atoms with Gasteiger partial charge >= 0.3 is 0 Å². The van der Waals surface area contributed by atoms with E-state index in [4.69, 9.17) is 0 Å². The van der Waals surface area contributed by atoms with Gasteiger partial charge in [0.25, 0.3) is 0 Å². The van der Waals surface area contributed by atoms with E-state index >= 15 is 0 Å². The molecule has 0 radical (unpaired) electrons. The third-order valence-corrected chi connectivity index (χ3v) is 7.16. The fourth-order valence-corrected chi connectivity index (χ4v) is 5.57. The van der Waals surface area contributed by atoms with Crippen molar-refractivity contribution in [1.82, 2.24) is 10.0 Å². The molecule has 0 unspecified atom stereocenters. The van der Waals surface area contributed by atoms with Gasteiger partial charge in [-0.25, -0.2) is 13.1 Å². The van der Waals surface area contributed by atoms with Crippen LogP contribution < -0.4 is 10.0 Å². The van der Waals surface area contributed by atoms with E-state index in [1.165, 1.54) is 37.0 Å². The standard InChI is InChI=1S/C15H24N2O2S2/c1-15(7-2-3-8-15)11-17-21(18,19)14-6-9-20-13(14)10-16-12-4-5-12/h6,9,12,16-17H,2-5,7-8,10-11H2,1H3. The lowest BCUT2D eigenvalue weighted by atomic mass is 9.89. The average molecular weight is 329 g/mol. The summed E-state index contributed by atoms with van der Waals surface area (Å²) < 4.78 is 27.9. The van der Waals surface area contributed by atoms with Crippen molar-refractivity contribution in [3.8, 4) is 0 Å². The number of hydrogen-bond donors (Lipinski definition) is 2. The zero-order valence-electron chi connectivity index (χ0n) is 12.5. The van der Waals surface area contributed by atoms with Crippen molar-refractivity contribution in [2.24, 2.45) is 5.41 Å². The van der Waals surface area contributed by atoms with Gasteiger partial charge in [0.15, 0.2) is 0 Å². The van der Waals surface area contributed by atoms with Gasteiger partial charge in [0, 0.05) is 24.0 Å². The summed E-state index contributed by atoms with van der Waals surface area (Å²) in [4.78, 5) is 1.38. The first-order valence-electron chi connectivity index (χ1n) is 7.78. The normalized spacial score (nSPS) is 21.8. The van der Waals surface area contributed by atoms with E-state index in [9.17, 15) is 8.42 Å². The van der Waals surface area contributed by atoms with Crippen LogP contribution in [0.1, 0.15) is 50.3 Å². The Hall–Kier alpha value is -0.430. The van der Waals surface area contributed by atoms with Gasteiger partial charge in [-0.1, -0.05) is 19.8 Å². The highest BCUT2D eigenvalue weighted by Gasteiger charge is 2.31. The van der Waals surface area contributed by atoms with Crippen LogP contribution in [-0.4, -0.2) is 21.0 Å². The van der Waals surface area contributed by atoms with Crippen LogP contribution in [0, 0.1) is 5.41 Å². The molecule has 118 valence electrons. The topological polar surface area (TPSA) is 58.2 Å². The Balaban J connectivity index is 1.64. The predicted octanol–water partition coefficient (Wildman–Crippen LogP) is 2.86. The Morgan fingerprint density at radius 2 is 2.05 bits per heavy atom. The second-order valence-corrected chi connectivity index (χ2v) is 9.44. The lowest BCUT2D eigenvalue weighted by Crippen LogP contribution is -2.34. The molecule has 2 aliphatic carbocycles. The largest absolute Gasteiger partial charge is 0.309 e. The second-order valence-electron chi connectivity index (χ2n) is 6.71. The highest BCUT2D eigenvalue weighted by atomic mass is 32.2. The van der Waals surface area contributed by atoms with Crippen LogP contribution in [0.15, 0.2) is 16.3 Å². The van der Waals surface area contributed by atoms with Crippen LogP contribution in [0.5, 0.6) is 0 Å². The van der Waals surface area contributed by atoms with Crippen molar-refractivity contribution in [1.29, 1.82) is 0 Å². The Bertz CT molecular complexity index is 585. The Morgan fingerprint density at radius 1 is 1.33 bits per heavy atom. The summed E-state index contributed by atoms with van der Waals surface area (Å²) in [5, 5.41) is 5.27. The molecule has 0 saturated heterocycles. The molecule has 0 bridgehead atoms. The molecule has 3 rings (SSSR count). The minimum Gasteiger partial charge on any atom is -0.309 e. The molecule has 0 atom stereocenters. The SMILES string of the molecule is CC1(CNS(=O)(=O)c2ccsc2CNC2CC2)CCCC1. The van der Waals surface area contributed by atoms with Gasteiger partial charge < -0.3 is 5.32 Å². The molecule has 4 nitrogen and oxygen atoms in total. The summed E-state index contributed by atoms with van der Waals surface area (Å²) in [6.07, 6.45) is 7.10. The first kappa shape index (κ1) is 15.5. The smallest absolute Gasteiger partial charge is 0.241 e. The molecule has 1 aromatic rings. The van der Waals surface area contributed by atoms with Gasteiger partial charge in [-0.3, -0.25) is 0 Å². The maximum Gasteiger partial charge on any atom is 0.241 e. The minimum absolute atomic E-state index is 0.134. The molecule has 1 heterocycles. The van der Waals surface area contributed by atoms with E-state index < -0.39 is 10.0 Å². The first-order chi connectivity index (χ1) is 9.99. The van der Waals surface area contributed by atoms with E-state index in [1.54, 1.807) is 6.07 Å². The zero-order valence-corrected chi connectivity index (χ0v) is 14.2. The first-order valence-corrected chi connectivity index (χ1v) is 10.1. The van der Waals surface area contributed by atoms with Gasteiger partial charge in [-0.05, 0) is 42.5 Å². The Labute approximate surface area is 131 Å². The van der Waals surface area contributed by atoms with Crippen LogP contribution in [0.3, 0.4) is 0 Å². The fraction of sp³-hybridized carbons (Fsp3) is 0.733. The molecule has 0 amide bonds. The van der Waals surface area contributed by atoms with E-state index in [0.29, 0.717) is 24.0 Å². The van der Waals surface area contributed by atoms with Crippen LogP contribution in [0.2, 0.25) is 0 Å². The third kappa shape index (κ3) is 3.86. The summed E-state index contributed by atoms with van der Waals surface area (Å²) in [6.45, 7) is 3.40. The van der Waals surface area contributed by atoms with Crippen LogP contribution >= 0.6 is 11.3 Å². The number of sulfonamides is 1. The highest BCUT2D eigenvalue weighted by Crippen LogP contribution is 2.37. The van der Waals surface area contributed by atoms with Gasteiger partial charge in [0.05, 0.1) is 4.90 Å². The number of rotatable bonds is 7. The third-order valence-electron chi connectivity index (χ3n) is 4.62. The molecule has 1 aromatic heterocycles. The summed E-state index contributed by atoms with van der Waals surface area (Å²) in [6, 6.07) is 2.32. The average Bonchev–Trinajstić information content (AvgIpc) is 2.97. The summed E-state index contributed by atoms with van der Waals surface area (Å²) in [5.41, 5.74) is 0.134. The van der Waals surface area contributed by atoms with Crippen molar-refractivity contribution in [2.75, 3.05) is 6.54 Å². The number of nitrogens with one attached hydrogen (secondary N) is 2. The lowest BCUT2D eigenvalue weighted by molar-refractivity contribution is 0.336. The maximum atomic E-state index is 12.5. The van der Waals surface area contributed by atoms with Crippen molar-refractivity contribution >= 4 is 21.4 Å². The van der Waals surface area contributed by atoms with Crippen molar-refractivity contribution < 1.29 is 8.42 Å². The molecule has 0 spiro atoms. The summed E-state index contributed by atoms with van der Waals surface area (Å²) in [7, 11) is -3.38. The fourth-order valence-electron chi connectivity index (χ4n) is 2.97. The van der Waals surface area contributed by atoms with Crippen molar-refractivity contribution in [3.63, 3.8) is 0 Å². The molecule has 21 heavy (non-hydrogen) atoms. The highest BCUT2D eigenvalue weighted by molar-refractivity contribution is 7.89. The van der Waals surface area contributed by atoms with Gasteiger partial charge in [-0.15, -0.1) is 11.3 Å². The van der Waals surface area contributed by atoms with Crippen LogP contribution in [0.25, 0.3) is 0 Å². The van der Waals surface area contributed by atoms with E-state index in [-0.39, 0.29) is 5.41 Å². The molecule has 2 aliphatic rings. The molecule has 0 aromatic carbocycles. The second kappa shape index (κ2) is 5.99. The molecule has 2 fully saturated rings. The number of thiophene rings is 1. The number of hydrogen-bond acceptors (Lipinski definition) is 4. The predicted molar refractivity (Wildman–Crippen MR) is 85.9 cm³/mol. The summed E-state index contributed by atoms with van der Waals surface area (Å²) >= 11 is 1.52. The minimum atomic E-state index is -3.38. The molecule has 6 heteroatoms. The van der Waals surface area contributed by atoms with E-state index in [1.807, 2.05) is 5.38 Å². The van der Waals surface area contributed by atoms with Gasteiger partial charge in [0.1, 0.15) is 0 Å². The van der Waals surface area contributed by atoms with Gasteiger partial charge in [0.2, 0.25) is 10.0 Å². The monoisotopic (exact) mass is 328 g/mol. The lowest BCUT2D eigenvalue weighted by Gasteiger charge is -2.23. The summed E-state index contributed by atoms with van der Waals surface area (Å²) in [5.74, 6) is 0. The Kier molecular flexibility index (Phi) is 4.41. The van der Waals surface area contributed by atoms with Crippen LogP contribution in [0.4, 0.5) is 0 Å². The molecule has 0 aliphatic heterocycles. The maximum absolute atomic E-state index is 12.5. The molecule has 2 saturated carbocycles. The molecule has 2 N–H and O–H groups in total. The van der Waals surface area contributed by atoms with Crippen molar-refractivity contribution in [2.45, 2.75) is 62.9 Å². The molecular weight excluding hydrogens is 304 g/mol.